The summed E-state index contributed by atoms with van der Waals surface area (Å²) >= 11 is 11.6. The number of hydrogen-bond acceptors (Lipinski definition) is 3. The van der Waals surface area contributed by atoms with E-state index in [-0.39, 0.29) is 17.5 Å². The molecule has 7 heteroatoms. The van der Waals surface area contributed by atoms with Crippen LogP contribution < -0.4 is 0 Å². The summed E-state index contributed by atoms with van der Waals surface area (Å²) in [5.41, 5.74) is 1.65. The first-order valence-electron chi connectivity index (χ1n) is 6.07. The summed E-state index contributed by atoms with van der Waals surface area (Å²) < 4.78 is 26.0. The Morgan fingerprint density at radius 2 is 2.21 bits per heavy atom. The van der Waals surface area contributed by atoms with Gasteiger partial charge in [0, 0.05) is 0 Å². The summed E-state index contributed by atoms with van der Waals surface area (Å²) in [5, 5.41) is 0.591. The van der Waals surface area contributed by atoms with Crippen LogP contribution in [0.4, 0.5) is 0 Å². The molecule has 19 heavy (non-hydrogen) atoms. The summed E-state index contributed by atoms with van der Waals surface area (Å²) in [5.74, 6) is 0.409. The monoisotopic (exact) mass is 316 g/mol. The number of imidazole rings is 1. The molecule has 3 rings (SSSR count). The predicted molar refractivity (Wildman–Crippen MR) is 79.1 cm³/mol. The van der Waals surface area contributed by atoms with Gasteiger partial charge in [0.25, 0.3) is 0 Å². The zero-order valence-corrected chi connectivity index (χ0v) is 12.5. The maximum atomic E-state index is 11.8. The van der Waals surface area contributed by atoms with E-state index in [2.05, 4.69) is 4.98 Å². The van der Waals surface area contributed by atoms with Crippen LogP contribution in [-0.4, -0.2) is 29.5 Å². The first-order valence-corrected chi connectivity index (χ1v) is 8.68. The number of aromatic amines is 1. The highest BCUT2D eigenvalue weighted by Gasteiger charge is 2.28. The van der Waals surface area contributed by atoms with Gasteiger partial charge in [-0.1, -0.05) is 17.7 Å². The number of nitrogens with zero attached hydrogens (tertiary/aromatic N) is 1. The molecule has 1 atom stereocenters. The van der Waals surface area contributed by atoms with E-state index in [0.717, 1.165) is 17.5 Å². The predicted octanol–water partition coefficient (Wildman–Crippen LogP) is 3.10. The fraction of sp³-hybridized carbons (Fsp3) is 0.417. The van der Waals surface area contributed by atoms with Crippen molar-refractivity contribution in [1.29, 1.82) is 0 Å². The second kappa shape index (κ2) is 4.61. The van der Waals surface area contributed by atoms with Gasteiger partial charge in [0.05, 0.1) is 33.6 Å². The van der Waals surface area contributed by atoms with Crippen LogP contribution >= 0.6 is 23.8 Å². The molecule has 0 radical (unpaired) electrons. The van der Waals surface area contributed by atoms with Crippen LogP contribution in [0.3, 0.4) is 0 Å². The minimum Gasteiger partial charge on any atom is -0.331 e. The Balaban J connectivity index is 2.20. The molecule has 102 valence electrons. The van der Waals surface area contributed by atoms with Crippen molar-refractivity contribution in [3.63, 3.8) is 0 Å². The van der Waals surface area contributed by atoms with Gasteiger partial charge in [-0.15, -0.1) is 0 Å². The molecule has 1 saturated heterocycles. The van der Waals surface area contributed by atoms with Crippen molar-refractivity contribution in [3.05, 3.63) is 28.0 Å². The number of aromatic nitrogens is 2. The van der Waals surface area contributed by atoms with Gasteiger partial charge in [-0.3, -0.25) is 0 Å². The van der Waals surface area contributed by atoms with Crippen LogP contribution in [0.2, 0.25) is 5.02 Å². The summed E-state index contributed by atoms with van der Waals surface area (Å²) in [6, 6.07) is 5.41. The molecule has 1 aromatic carbocycles. The molecule has 1 aromatic heterocycles. The number of para-hydroxylation sites is 1. The van der Waals surface area contributed by atoms with Crippen molar-refractivity contribution < 1.29 is 8.42 Å². The number of hydrogen-bond donors (Lipinski definition) is 1. The van der Waals surface area contributed by atoms with Gasteiger partial charge in [0.15, 0.2) is 14.6 Å². The lowest BCUT2D eigenvalue weighted by Crippen LogP contribution is -2.27. The van der Waals surface area contributed by atoms with Gasteiger partial charge in [-0.25, -0.2) is 8.42 Å². The Hall–Kier alpha value is -0.850. The van der Waals surface area contributed by atoms with E-state index in [1.165, 1.54) is 0 Å². The highest BCUT2D eigenvalue weighted by Crippen LogP contribution is 2.31. The lowest BCUT2D eigenvalue weighted by atomic mass is 10.2. The lowest BCUT2D eigenvalue weighted by Gasteiger charge is -2.24. The quantitative estimate of drug-likeness (QED) is 0.822. The van der Waals surface area contributed by atoms with Crippen molar-refractivity contribution >= 4 is 44.7 Å². The Morgan fingerprint density at radius 1 is 1.42 bits per heavy atom. The lowest BCUT2D eigenvalue weighted by molar-refractivity contribution is 0.475. The molecule has 0 saturated carbocycles. The van der Waals surface area contributed by atoms with E-state index < -0.39 is 9.84 Å². The third-order valence-corrected chi connectivity index (χ3v) is 5.90. The Labute approximate surface area is 121 Å². The van der Waals surface area contributed by atoms with Gasteiger partial charge in [-0.2, -0.15) is 0 Å². The number of halogens is 1. The standard InChI is InChI=1S/C12H13ClN2O2S2/c13-9-4-1-5-10-11(9)15(12(18)14-10)8-3-2-6-19(16,17)7-8/h1,4-5,8H,2-3,6-7H2,(H,14,18). The number of rotatable bonds is 1. The van der Waals surface area contributed by atoms with E-state index in [4.69, 9.17) is 23.8 Å². The van der Waals surface area contributed by atoms with Crippen molar-refractivity contribution in [3.8, 4) is 0 Å². The number of fused-ring (bicyclic) bond motifs is 1. The van der Waals surface area contributed by atoms with Crippen molar-refractivity contribution in [1.82, 2.24) is 9.55 Å². The second-order valence-corrected chi connectivity index (χ2v) is 7.87. The maximum Gasteiger partial charge on any atom is 0.178 e. The number of H-pyrrole nitrogens is 1. The van der Waals surface area contributed by atoms with E-state index in [1.54, 1.807) is 6.07 Å². The maximum absolute atomic E-state index is 11.8. The smallest absolute Gasteiger partial charge is 0.178 e. The second-order valence-electron chi connectivity index (χ2n) is 4.85. The zero-order valence-electron chi connectivity index (χ0n) is 10.1. The highest BCUT2D eigenvalue weighted by molar-refractivity contribution is 7.91. The zero-order chi connectivity index (χ0) is 13.6. The number of benzene rings is 1. The molecule has 1 N–H and O–H groups in total. The van der Waals surface area contributed by atoms with Crippen LogP contribution in [0.15, 0.2) is 18.2 Å². The normalized spacial score (nSPS) is 22.7. The first kappa shape index (κ1) is 13.1. The van der Waals surface area contributed by atoms with E-state index >= 15 is 0 Å². The topological polar surface area (TPSA) is 54.9 Å². The fourth-order valence-electron chi connectivity index (χ4n) is 2.69. The largest absolute Gasteiger partial charge is 0.331 e. The molecule has 0 bridgehead atoms. The van der Waals surface area contributed by atoms with Gasteiger partial charge >= 0.3 is 0 Å². The molecule has 2 heterocycles. The Morgan fingerprint density at radius 3 is 2.95 bits per heavy atom. The molecule has 4 nitrogen and oxygen atoms in total. The van der Waals surface area contributed by atoms with Crippen molar-refractivity contribution in [2.45, 2.75) is 18.9 Å². The van der Waals surface area contributed by atoms with Gasteiger partial charge in [0.1, 0.15) is 0 Å². The van der Waals surface area contributed by atoms with Crippen LogP contribution in [0.25, 0.3) is 11.0 Å². The molecule has 0 aliphatic carbocycles. The van der Waals surface area contributed by atoms with Crippen LogP contribution in [0, 0.1) is 4.77 Å². The van der Waals surface area contributed by atoms with Crippen LogP contribution in [0.5, 0.6) is 0 Å². The summed E-state index contributed by atoms with van der Waals surface area (Å²) in [6.07, 6.45) is 1.48. The van der Waals surface area contributed by atoms with Crippen LogP contribution in [-0.2, 0) is 9.84 Å². The van der Waals surface area contributed by atoms with E-state index in [1.807, 2.05) is 16.7 Å². The molecule has 0 spiro atoms. The molecule has 1 unspecified atom stereocenters. The summed E-state index contributed by atoms with van der Waals surface area (Å²) in [4.78, 5) is 3.09. The Kier molecular flexibility index (Phi) is 3.19. The average molecular weight is 317 g/mol. The third-order valence-electron chi connectivity index (χ3n) is 3.49. The van der Waals surface area contributed by atoms with Crippen molar-refractivity contribution in [2.24, 2.45) is 0 Å². The summed E-state index contributed by atoms with van der Waals surface area (Å²) in [7, 11) is -2.98. The molecule has 0 amide bonds. The molecule has 1 fully saturated rings. The highest BCUT2D eigenvalue weighted by atomic mass is 35.5. The Bertz CT molecular complexity index is 792. The minimum absolute atomic E-state index is 0.125. The molecule has 1 aliphatic rings. The van der Waals surface area contributed by atoms with Gasteiger partial charge in [-0.05, 0) is 37.2 Å². The van der Waals surface area contributed by atoms with Crippen molar-refractivity contribution in [2.75, 3.05) is 11.5 Å². The molecule has 1 aliphatic heterocycles. The number of sulfone groups is 1. The average Bonchev–Trinajstić information content (AvgIpc) is 2.65. The number of nitrogens with one attached hydrogen (secondary N) is 1. The molecular formula is C12H13ClN2O2S2. The third kappa shape index (κ3) is 2.32. The van der Waals surface area contributed by atoms with Gasteiger partial charge in [0.2, 0.25) is 0 Å². The van der Waals surface area contributed by atoms with Crippen LogP contribution in [0.1, 0.15) is 18.9 Å². The molecular weight excluding hydrogens is 304 g/mol. The fourth-order valence-corrected chi connectivity index (χ4v) is 4.98. The molecule has 2 aromatic rings. The first-order chi connectivity index (χ1) is 8.98. The van der Waals surface area contributed by atoms with E-state index in [0.29, 0.717) is 16.2 Å². The SMILES string of the molecule is O=S1(=O)CCCC(n2c(=S)[nH]c3cccc(Cl)c32)C1. The summed E-state index contributed by atoms with van der Waals surface area (Å²) in [6.45, 7) is 0. The van der Waals surface area contributed by atoms with E-state index in [9.17, 15) is 8.42 Å². The van der Waals surface area contributed by atoms with Gasteiger partial charge < -0.3 is 9.55 Å². The minimum atomic E-state index is -2.98.